The second-order valence-electron chi connectivity index (χ2n) is 9.00. The first kappa shape index (κ1) is 22.7. The van der Waals surface area contributed by atoms with Gasteiger partial charge >= 0.3 is 0 Å². The smallest absolute Gasteiger partial charge is 0.266 e. The molecule has 5 rings (SSSR count). The monoisotopic (exact) mass is 473 g/mol. The number of hydrogen-bond donors (Lipinski definition) is 1. The number of oxazole rings is 1. The quantitative estimate of drug-likeness (QED) is 0.597. The Labute approximate surface area is 203 Å². The standard InChI is InChI=1S/C26H27N5O4/c27-16-21-26(35-24(29-21)22-9-5-15-34-22)30-13-10-18(11-14-30)25(33)31-12-4-6-19(17-31)23(32)28-20-7-2-1-3-8-20/h1-3,5,7-9,15,18-19H,4,6,10-14,17H2,(H,28,32). The van der Waals surface area contributed by atoms with Gasteiger partial charge in [-0.15, -0.1) is 0 Å². The highest BCUT2D eigenvalue weighted by molar-refractivity contribution is 5.93. The summed E-state index contributed by atoms with van der Waals surface area (Å²) in [5.41, 5.74) is 0.983. The molecule has 0 aliphatic carbocycles. The third kappa shape index (κ3) is 4.92. The fraction of sp³-hybridized carbons (Fsp3) is 0.385. The molecule has 35 heavy (non-hydrogen) atoms. The number of rotatable bonds is 5. The van der Waals surface area contributed by atoms with Gasteiger partial charge in [0.05, 0.1) is 12.2 Å². The minimum absolute atomic E-state index is 0.0368. The van der Waals surface area contributed by atoms with Gasteiger partial charge in [0, 0.05) is 37.8 Å². The van der Waals surface area contributed by atoms with Crippen LogP contribution < -0.4 is 10.2 Å². The Balaban J connectivity index is 1.18. The van der Waals surface area contributed by atoms with Gasteiger partial charge in [-0.1, -0.05) is 18.2 Å². The molecule has 2 saturated heterocycles. The SMILES string of the molecule is N#Cc1nc(-c2ccco2)oc1N1CCC(C(=O)N2CCCC(C(=O)Nc3ccccc3)C2)CC1. The first-order valence-electron chi connectivity index (χ1n) is 12.0. The van der Waals surface area contributed by atoms with Crippen molar-refractivity contribution in [3.63, 3.8) is 0 Å². The van der Waals surface area contributed by atoms with Crippen LogP contribution in [0.15, 0.2) is 57.6 Å². The lowest BCUT2D eigenvalue weighted by atomic mass is 9.92. The lowest BCUT2D eigenvalue weighted by Crippen LogP contribution is -2.48. The highest BCUT2D eigenvalue weighted by Gasteiger charge is 2.34. The number of furan rings is 1. The van der Waals surface area contributed by atoms with Gasteiger partial charge < -0.3 is 24.0 Å². The Morgan fingerprint density at radius 1 is 1.03 bits per heavy atom. The number of amides is 2. The van der Waals surface area contributed by atoms with Crippen molar-refractivity contribution in [1.82, 2.24) is 9.88 Å². The van der Waals surface area contributed by atoms with E-state index in [-0.39, 0.29) is 35.2 Å². The molecule has 2 aliphatic rings. The maximum absolute atomic E-state index is 13.3. The van der Waals surface area contributed by atoms with Crippen LogP contribution in [0.1, 0.15) is 31.4 Å². The number of aromatic nitrogens is 1. The molecule has 0 spiro atoms. The van der Waals surface area contributed by atoms with Crippen molar-refractivity contribution < 1.29 is 18.4 Å². The summed E-state index contributed by atoms with van der Waals surface area (Å²) in [6.45, 7) is 2.31. The molecule has 0 bridgehead atoms. The van der Waals surface area contributed by atoms with Crippen molar-refractivity contribution in [2.45, 2.75) is 25.7 Å². The van der Waals surface area contributed by atoms with Crippen LogP contribution in [-0.4, -0.2) is 47.9 Å². The number of likely N-dealkylation sites (tertiary alicyclic amines) is 1. The summed E-state index contributed by atoms with van der Waals surface area (Å²) < 4.78 is 11.2. The van der Waals surface area contributed by atoms with Crippen LogP contribution in [-0.2, 0) is 9.59 Å². The molecule has 3 aromatic rings. The van der Waals surface area contributed by atoms with Crippen molar-refractivity contribution >= 4 is 23.4 Å². The van der Waals surface area contributed by atoms with E-state index < -0.39 is 0 Å². The van der Waals surface area contributed by atoms with Crippen molar-refractivity contribution in [2.75, 3.05) is 36.4 Å². The van der Waals surface area contributed by atoms with E-state index in [0.29, 0.717) is 50.7 Å². The topological polar surface area (TPSA) is 116 Å². The van der Waals surface area contributed by atoms with Gasteiger partial charge in [0.2, 0.25) is 23.4 Å². The second-order valence-corrected chi connectivity index (χ2v) is 9.00. The first-order valence-corrected chi connectivity index (χ1v) is 12.0. The molecule has 1 unspecified atom stereocenters. The molecule has 1 aromatic carbocycles. The summed E-state index contributed by atoms with van der Waals surface area (Å²) in [7, 11) is 0. The molecule has 2 aliphatic heterocycles. The minimum Gasteiger partial charge on any atom is -0.459 e. The van der Waals surface area contributed by atoms with E-state index in [1.54, 1.807) is 12.1 Å². The molecule has 1 N–H and O–H groups in total. The molecule has 180 valence electrons. The third-order valence-electron chi connectivity index (χ3n) is 6.72. The van der Waals surface area contributed by atoms with Crippen LogP contribution in [0.5, 0.6) is 0 Å². The second kappa shape index (κ2) is 10.1. The van der Waals surface area contributed by atoms with Crippen LogP contribution in [0.3, 0.4) is 0 Å². The summed E-state index contributed by atoms with van der Waals surface area (Å²) in [6.07, 6.45) is 4.42. The number of hydrogen-bond acceptors (Lipinski definition) is 7. The summed E-state index contributed by atoms with van der Waals surface area (Å²) in [4.78, 5) is 34.1. The number of anilines is 2. The predicted octanol–water partition coefficient (Wildman–Crippen LogP) is 3.90. The molecule has 9 nitrogen and oxygen atoms in total. The lowest BCUT2D eigenvalue weighted by molar-refractivity contribution is -0.139. The zero-order valence-electron chi connectivity index (χ0n) is 19.4. The van der Waals surface area contributed by atoms with Crippen molar-refractivity contribution in [3.05, 3.63) is 54.4 Å². The molecular weight excluding hydrogens is 446 g/mol. The first-order chi connectivity index (χ1) is 17.1. The van der Waals surface area contributed by atoms with Crippen LogP contribution in [0.25, 0.3) is 11.7 Å². The number of carbonyl (C=O) groups is 2. The number of para-hydroxylation sites is 1. The average Bonchev–Trinajstić information content (AvgIpc) is 3.59. The van der Waals surface area contributed by atoms with Gasteiger partial charge in [-0.05, 0) is 49.9 Å². The summed E-state index contributed by atoms with van der Waals surface area (Å²) in [6, 6.07) is 15.0. The fourth-order valence-corrected chi connectivity index (χ4v) is 4.85. The Morgan fingerprint density at radius 3 is 2.54 bits per heavy atom. The van der Waals surface area contributed by atoms with E-state index in [2.05, 4.69) is 16.4 Å². The molecule has 2 fully saturated rings. The molecule has 4 heterocycles. The number of nitrogens with one attached hydrogen (secondary N) is 1. The van der Waals surface area contributed by atoms with Crippen molar-refractivity contribution in [2.24, 2.45) is 11.8 Å². The van der Waals surface area contributed by atoms with Crippen molar-refractivity contribution in [3.8, 4) is 17.7 Å². The highest BCUT2D eigenvalue weighted by atomic mass is 16.4. The van der Waals surface area contributed by atoms with Crippen LogP contribution in [0.2, 0.25) is 0 Å². The van der Waals surface area contributed by atoms with Crippen LogP contribution >= 0.6 is 0 Å². The minimum atomic E-state index is -0.208. The molecule has 1 atom stereocenters. The molecule has 2 amide bonds. The van der Waals surface area contributed by atoms with Gasteiger partial charge in [-0.3, -0.25) is 9.59 Å². The van der Waals surface area contributed by atoms with Gasteiger partial charge in [-0.2, -0.15) is 10.2 Å². The predicted molar refractivity (Wildman–Crippen MR) is 128 cm³/mol. The molecule has 0 radical (unpaired) electrons. The number of benzene rings is 1. The van der Waals surface area contributed by atoms with Gasteiger partial charge in [0.1, 0.15) is 6.07 Å². The van der Waals surface area contributed by atoms with Gasteiger partial charge in [0.15, 0.2) is 5.76 Å². The van der Waals surface area contributed by atoms with Crippen LogP contribution in [0.4, 0.5) is 11.6 Å². The number of nitrogens with zero attached hydrogens (tertiary/aromatic N) is 4. The Kier molecular flexibility index (Phi) is 6.53. The Bertz CT molecular complexity index is 1210. The van der Waals surface area contributed by atoms with Crippen molar-refractivity contribution in [1.29, 1.82) is 5.26 Å². The molecule has 9 heteroatoms. The zero-order valence-corrected chi connectivity index (χ0v) is 19.4. The number of carbonyl (C=O) groups excluding carboxylic acids is 2. The van der Waals surface area contributed by atoms with E-state index in [1.165, 1.54) is 6.26 Å². The van der Waals surface area contributed by atoms with E-state index in [0.717, 1.165) is 18.5 Å². The summed E-state index contributed by atoms with van der Waals surface area (Å²) in [5, 5.41) is 12.5. The zero-order chi connectivity index (χ0) is 24.2. The van der Waals surface area contributed by atoms with Crippen LogP contribution in [0, 0.1) is 23.2 Å². The fourth-order valence-electron chi connectivity index (χ4n) is 4.85. The molecule has 0 saturated carbocycles. The Morgan fingerprint density at radius 2 is 1.83 bits per heavy atom. The third-order valence-corrected chi connectivity index (χ3v) is 6.72. The Hall–Kier alpha value is -4.06. The van der Waals surface area contributed by atoms with E-state index in [1.807, 2.05) is 40.1 Å². The van der Waals surface area contributed by atoms with Gasteiger partial charge in [-0.25, -0.2) is 0 Å². The molecular formula is C26H27N5O4. The largest absolute Gasteiger partial charge is 0.459 e. The van der Waals surface area contributed by atoms with E-state index in [9.17, 15) is 14.9 Å². The van der Waals surface area contributed by atoms with Gasteiger partial charge in [0.25, 0.3) is 5.89 Å². The van der Waals surface area contributed by atoms with E-state index in [4.69, 9.17) is 8.83 Å². The highest BCUT2D eigenvalue weighted by Crippen LogP contribution is 2.32. The maximum Gasteiger partial charge on any atom is 0.266 e. The number of piperidine rings is 2. The van der Waals surface area contributed by atoms with E-state index >= 15 is 0 Å². The average molecular weight is 474 g/mol. The number of nitriles is 1. The summed E-state index contributed by atoms with van der Waals surface area (Å²) in [5.74, 6) is 0.907. The summed E-state index contributed by atoms with van der Waals surface area (Å²) >= 11 is 0. The molecule has 2 aromatic heterocycles. The normalized spacial score (nSPS) is 18.8. The maximum atomic E-state index is 13.3. The lowest BCUT2D eigenvalue weighted by Gasteiger charge is -2.37.